The molecule has 2 aromatic heterocycles. The molecule has 3 aromatic rings. The van der Waals surface area contributed by atoms with Crippen LogP contribution in [0.4, 0.5) is 5.69 Å². The lowest BCUT2D eigenvalue weighted by Crippen LogP contribution is -2.16. The maximum Gasteiger partial charge on any atom is 0.254 e. The number of anilines is 1. The van der Waals surface area contributed by atoms with Crippen molar-refractivity contribution in [2.45, 2.75) is 19.3 Å². The fourth-order valence-electron chi connectivity index (χ4n) is 3.21. The number of aromatic nitrogens is 2. The van der Waals surface area contributed by atoms with E-state index in [0.29, 0.717) is 23.8 Å². The van der Waals surface area contributed by atoms with Gasteiger partial charge in [0.05, 0.1) is 12.8 Å². The lowest BCUT2D eigenvalue weighted by molar-refractivity contribution is 0.306. The summed E-state index contributed by atoms with van der Waals surface area (Å²) >= 11 is 0. The van der Waals surface area contributed by atoms with Crippen molar-refractivity contribution in [2.24, 2.45) is 7.05 Å². The smallest absolute Gasteiger partial charge is 0.254 e. The molecule has 6 nitrogen and oxygen atoms in total. The Balaban J connectivity index is 1.93. The van der Waals surface area contributed by atoms with Crippen LogP contribution in [-0.4, -0.2) is 16.2 Å². The molecule has 0 atom stereocenters. The second-order valence-corrected chi connectivity index (χ2v) is 6.65. The molecular formula is C21H21N3O3. The number of hydrogen-bond acceptors (Lipinski definition) is 5. The number of pyridine rings is 2. The molecule has 0 unspecified atom stereocenters. The SMILES string of the molecule is Cn1cc2c(cc1=O)OCCCCc1ccncc1Oc1ccc(N)cc1-2. The summed E-state index contributed by atoms with van der Waals surface area (Å²) in [5.74, 6) is 1.92. The predicted octanol–water partition coefficient (Wildman–Crippen LogP) is 3.54. The molecular weight excluding hydrogens is 342 g/mol. The summed E-state index contributed by atoms with van der Waals surface area (Å²) in [6, 6.07) is 8.97. The molecule has 0 aliphatic carbocycles. The Bertz CT molecular complexity index is 1040. The van der Waals surface area contributed by atoms with Gasteiger partial charge in [-0.1, -0.05) is 0 Å². The molecule has 1 aliphatic heterocycles. The van der Waals surface area contributed by atoms with Crippen molar-refractivity contribution in [3.63, 3.8) is 0 Å². The molecule has 27 heavy (non-hydrogen) atoms. The first-order chi connectivity index (χ1) is 13.1. The Morgan fingerprint density at radius 3 is 2.85 bits per heavy atom. The Labute approximate surface area is 157 Å². The monoisotopic (exact) mass is 363 g/mol. The van der Waals surface area contributed by atoms with Crippen molar-refractivity contribution in [2.75, 3.05) is 12.3 Å². The van der Waals surface area contributed by atoms with Crippen molar-refractivity contribution >= 4 is 5.69 Å². The van der Waals surface area contributed by atoms with Gasteiger partial charge in [0.2, 0.25) is 0 Å². The van der Waals surface area contributed by atoms with E-state index in [0.717, 1.165) is 41.7 Å². The molecule has 6 heteroatoms. The maximum atomic E-state index is 12.1. The van der Waals surface area contributed by atoms with Gasteiger partial charge in [-0.2, -0.15) is 0 Å². The Kier molecular flexibility index (Phi) is 4.54. The second kappa shape index (κ2) is 7.15. The van der Waals surface area contributed by atoms with Crippen molar-refractivity contribution < 1.29 is 9.47 Å². The largest absolute Gasteiger partial charge is 0.493 e. The third-order valence-electron chi connectivity index (χ3n) is 4.67. The van der Waals surface area contributed by atoms with E-state index >= 15 is 0 Å². The molecule has 0 saturated carbocycles. The van der Waals surface area contributed by atoms with Gasteiger partial charge in [0.1, 0.15) is 17.2 Å². The third-order valence-corrected chi connectivity index (χ3v) is 4.67. The molecule has 4 rings (SSSR count). The van der Waals surface area contributed by atoms with Gasteiger partial charge in [0.15, 0.2) is 0 Å². The van der Waals surface area contributed by atoms with Crippen LogP contribution in [0, 0.1) is 0 Å². The highest BCUT2D eigenvalue weighted by atomic mass is 16.5. The van der Waals surface area contributed by atoms with Gasteiger partial charge in [0.25, 0.3) is 5.56 Å². The zero-order chi connectivity index (χ0) is 18.8. The predicted molar refractivity (Wildman–Crippen MR) is 104 cm³/mol. The van der Waals surface area contributed by atoms with Crippen LogP contribution in [0.5, 0.6) is 17.2 Å². The van der Waals surface area contributed by atoms with Crippen molar-refractivity contribution in [3.05, 3.63) is 64.8 Å². The minimum atomic E-state index is -0.123. The number of fused-ring (bicyclic) bond motifs is 4. The molecule has 2 N–H and O–H groups in total. The average Bonchev–Trinajstić information content (AvgIpc) is 2.66. The topological polar surface area (TPSA) is 79.4 Å². The highest BCUT2D eigenvalue weighted by molar-refractivity contribution is 5.78. The van der Waals surface area contributed by atoms with Gasteiger partial charge >= 0.3 is 0 Å². The first-order valence-electron chi connectivity index (χ1n) is 8.96. The minimum Gasteiger partial charge on any atom is -0.493 e. The fourth-order valence-corrected chi connectivity index (χ4v) is 3.21. The molecule has 0 fully saturated rings. The molecule has 0 bridgehead atoms. The molecule has 0 saturated heterocycles. The maximum absolute atomic E-state index is 12.1. The summed E-state index contributed by atoms with van der Waals surface area (Å²) in [6.45, 7) is 0.541. The summed E-state index contributed by atoms with van der Waals surface area (Å²) in [6.07, 6.45) is 7.97. The van der Waals surface area contributed by atoms with E-state index in [1.165, 1.54) is 10.6 Å². The number of hydrogen-bond donors (Lipinski definition) is 1. The summed E-state index contributed by atoms with van der Waals surface area (Å²) in [7, 11) is 1.71. The fraction of sp³-hybridized carbons (Fsp3) is 0.238. The van der Waals surface area contributed by atoms with Crippen LogP contribution in [0.2, 0.25) is 0 Å². The molecule has 0 spiro atoms. The van der Waals surface area contributed by atoms with E-state index in [9.17, 15) is 4.79 Å². The standard InChI is InChI=1S/C21H21N3O3/c1-24-13-17-16-10-15(22)5-6-18(16)27-20-12-23-8-7-14(20)4-2-3-9-26-19(17)11-21(24)25/h5-8,10-13H,2-4,9,22H2,1H3. The second-order valence-electron chi connectivity index (χ2n) is 6.65. The van der Waals surface area contributed by atoms with Crippen LogP contribution in [0.3, 0.4) is 0 Å². The molecule has 138 valence electrons. The van der Waals surface area contributed by atoms with E-state index in [1.807, 2.05) is 18.2 Å². The van der Waals surface area contributed by atoms with Crippen LogP contribution < -0.4 is 20.8 Å². The number of nitrogen functional groups attached to an aromatic ring is 1. The van der Waals surface area contributed by atoms with E-state index in [1.54, 1.807) is 31.7 Å². The van der Waals surface area contributed by atoms with E-state index in [4.69, 9.17) is 15.2 Å². The van der Waals surface area contributed by atoms with Crippen molar-refractivity contribution in [1.82, 2.24) is 9.55 Å². The Hall–Kier alpha value is -3.28. The highest BCUT2D eigenvalue weighted by Crippen LogP contribution is 2.40. The quantitative estimate of drug-likeness (QED) is 0.618. The zero-order valence-electron chi connectivity index (χ0n) is 15.1. The van der Waals surface area contributed by atoms with Gasteiger partial charge in [-0.05, 0) is 49.1 Å². The molecule has 1 aliphatic rings. The number of nitrogens with zero attached hydrogens (tertiary/aromatic N) is 2. The van der Waals surface area contributed by atoms with Crippen molar-refractivity contribution in [3.8, 4) is 28.4 Å². The first kappa shape index (κ1) is 17.1. The first-order valence-corrected chi connectivity index (χ1v) is 8.96. The van der Waals surface area contributed by atoms with Gasteiger partial charge in [-0.25, -0.2) is 0 Å². The lowest BCUT2D eigenvalue weighted by Gasteiger charge is -2.19. The van der Waals surface area contributed by atoms with Gasteiger partial charge < -0.3 is 19.8 Å². The summed E-state index contributed by atoms with van der Waals surface area (Å²) < 4.78 is 13.7. The zero-order valence-corrected chi connectivity index (χ0v) is 15.1. The summed E-state index contributed by atoms with van der Waals surface area (Å²) in [4.78, 5) is 16.3. The van der Waals surface area contributed by atoms with Crippen LogP contribution in [-0.2, 0) is 13.5 Å². The van der Waals surface area contributed by atoms with E-state index in [2.05, 4.69) is 4.98 Å². The highest BCUT2D eigenvalue weighted by Gasteiger charge is 2.17. The van der Waals surface area contributed by atoms with Crippen molar-refractivity contribution in [1.29, 1.82) is 0 Å². The lowest BCUT2D eigenvalue weighted by atomic mass is 10.0. The van der Waals surface area contributed by atoms with Crippen LogP contribution in [0.25, 0.3) is 11.1 Å². The van der Waals surface area contributed by atoms with Crippen LogP contribution in [0.1, 0.15) is 18.4 Å². The third kappa shape index (κ3) is 3.51. The summed E-state index contributed by atoms with van der Waals surface area (Å²) in [5.41, 5.74) is 9.17. The number of benzene rings is 1. The Morgan fingerprint density at radius 2 is 1.96 bits per heavy atom. The summed E-state index contributed by atoms with van der Waals surface area (Å²) in [5, 5.41) is 0. The number of rotatable bonds is 0. The van der Waals surface area contributed by atoms with Gasteiger partial charge in [-0.3, -0.25) is 9.78 Å². The minimum absolute atomic E-state index is 0.123. The van der Waals surface area contributed by atoms with Gasteiger partial charge in [0, 0.05) is 42.3 Å². The molecule has 1 aromatic carbocycles. The molecule has 3 heterocycles. The number of nitrogens with two attached hydrogens (primary N) is 1. The number of aryl methyl sites for hydroxylation is 2. The normalized spacial score (nSPS) is 13.7. The van der Waals surface area contributed by atoms with Crippen LogP contribution >= 0.6 is 0 Å². The molecule has 0 radical (unpaired) electrons. The van der Waals surface area contributed by atoms with Gasteiger partial charge in [-0.15, -0.1) is 0 Å². The van der Waals surface area contributed by atoms with E-state index < -0.39 is 0 Å². The average molecular weight is 363 g/mol. The molecule has 0 amide bonds. The van der Waals surface area contributed by atoms with E-state index in [-0.39, 0.29) is 5.56 Å². The Morgan fingerprint density at radius 1 is 1.07 bits per heavy atom. The van der Waals surface area contributed by atoms with Crippen LogP contribution in [0.15, 0.2) is 53.7 Å². The number of ether oxygens (including phenoxy) is 2.